The molecule has 0 saturated carbocycles. The van der Waals surface area contributed by atoms with Crippen molar-refractivity contribution in [2.75, 3.05) is 0 Å². The second kappa shape index (κ2) is 14.1. The van der Waals surface area contributed by atoms with Gasteiger partial charge in [-0.2, -0.15) is 0 Å². The fourth-order valence-electron chi connectivity index (χ4n) is 3.77. The lowest BCUT2D eigenvalue weighted by atomic mass is 9.93. The minimum atomic E-state index is -0.234. The predicted octanol–water partition coefficient (Wildman–Crippen LogP) is 7.66. The summed E-state index contributed by atoms with van der Waals surface area (Å²) in [6, 6.07) is 28.5. The molecule has 0 aliphatic rings. The first-order valence-electron chi connectivity index (χ1n) is 11.9. The lowest BCUT2D eigenvalue weighted by molar-refractivity contribution is -0.122. The topological polar surface area (TPSA) is 41.1 Å². The molecule has 2 N–H and O–H groups in total. The minimum absolute atomic E-state index is 0.0215. The fourth-order valence-corrected chi connectivity index (χ4v) is 4.57. The second-order valence-electron chi connectivity index (χ2n) is 8.34. The van der Waals surface area contributed by atoms with Gasteiger partial charge in [-0.25, -0.2) is 4.72 Å². The zero-order valence-electron chi connectivity index (χ0n) is 20.5. The predicted molar refractivity (Wildman–Crippen MR) is 149 cm³/mol. The van der Waals surface area contributed by atoms with Crippen molar-refractivity contribution in [1.82, 2.24) is 10.0 Å². The highest BCUT2D eigenvalue weighted by molar-refractivity contribution is 7.97. The number of rotatable bonds is 12. The summed E-state index contributed by atoms with van der Waals surface area (Å²) in [6.45, 7) is 7.80. The van der Waals surface area contributed by atoms with Gasteiger partial charge in [0, 0.05) is 11.3 Å². The summed E-state index contributed by atoms with van der Waals surface area (Å²) in [4.78, 5) is 14.3. The molecule has 1 amide bonds. The van der Waals surface area contributed by atoms with Crippen LogP contribution in [0.15, 0.2) is 126 Å². The molecule has 0 fully saturated rings. The fraction of sp³-hybridized carbons (Fsp3) is 0.194. The number of aryl methyl sites for hydroxylation is 1. The highest BCUT2D eigenvalue weighted by Gasteiger charge is 2.26. The van der Waals surface area contributed by atoms with Gasteiger partial charge in [0.25, 0.3) is 0 Å². The van der Waals surface area contributed by atoms with Crippen molar-refractivity contribution in [3.63, 3.8) is 0 Å². The molecule has 0 radical (unpaired) electrons. The summed E-state index contributed by atoms with van der Waals surface area (Å²) in [5, 5.41) is 3.33. The third-order valence-corrected chi connectivity index (χ3v) is 6.63. The van der Waals surface area contributed by atoms with Gasteiger partial charge in [0.2, 0.25) is 5.91 Å². The normalized spacial score (nSPS) is 13.4. The molecule has 3 nitrogen and oxygen atoms in total. The number of amides is 1. The molecule has 3 aromatic rings. The van der Waals surface area contributed by atoms with Gasteiger partial charge in [0.1, 0.15) is 0 Å². The average molecular weight is 483 g/mol. The Morgan fingerprint density at radius 1 is 0.886 bits per heavy atom. The molecular weight excluding hydrogens is 448 g/mol. The molecule has 0 aliphatic carbocycles. The van der Waals surface area contributed by atoms with E-state index in [1.54, 1.807) is 18.0 Å². The van der Waals surface area contributed by atoms with E-state index in [0.29, 0.717) is 12.8 Å². The molecule has 0 aromatic heterocycles. The van der Waals surface area contributed by atoms with Crippen molar-refractivity contribution in [2.45, 2.75) is 43.7 Å². The van der Waals surface area contributed by atoms with Crippen LogP contribution < -0.4 is 10.0 Å². The molecular formula is C31H34N2OS. The van der Waals surface area contributed by atoms with Crippen molar-refractivity contribution in [3.05, 3.63) is 138 Å². The van der Waals surface area contributed by atoms with Crippen LogP contribution in [0.25, 0.3) is 0 Å². The zero-order chi connectivity index (χ0) is 24.9. The maximum atomic E-state index is 13.2. The third-order valence-electron chi connectivity index (χ3n) is 5.75. The molecule has 4 heteroatoms. The van der Waals surface area contributed by atoms with Gasteiger partial charge in [-0.3, -0.25) is 4.79 Å². The van der Waals surface area contributed by atoms with Crippen molar-refractivity contribution in [1.29, 1.82) is 0 Å². The maximum Gasteiger partial charge on any atom is 0.220 e. The SMILES string of the molecule is C=C/C=C\C(=C/C)CCC(=O)NC(c1ccccc1)C(NSc1ccc(C)cc1)c1ccccc1. The van der Waals surface area contributed by atoms with Crippen LogP contribution in [-0.4, -0.2) is 5.91 Å². The maximum absolute atomic E-state index is 13.2. The van der Waals surface area contributed by atoms with Gasteiger partial charge in [-0.05, 0) is 55.5 Å². The van der Waals surface area contributed by atoms with Crippen LogP contribution in [0.1, 0.15) is 48.5 Å². The Kier molecular flexibility index (Phi) is 10.6. The lowest BCUT2D eigenvalue weighted by Gasteiger charge is -2.30. The van der Waals surface area contributed by atoms with E-state index in [-0.39, 0.29) is 18.0 Å². The number of carbonyl (C=O) groups excluding carboxylic acids is 1. The van der Waals surface area contributed by atoms with Crippen LogP contribution in [0.4, 0.5) is 0 Å². The Morgan fingerprint density at radius 2 is 1.49 bits per heavy atom. The van der Waals surface area contributed by atoms with Gasteiger partial charge in [0.15, 0.2) is 0 Å². The van der Waals surface area contributed by atoms with Crippen LogP contribution in [-0.2, 0) is 4.79 Å². The second-order valence-corrected chi connectivity index (χ2v) is 9.25. The van der Waals surface area contributed by atoms with E-state index in [2.05, 4.69) is 72.1 Å². The minimum Gasteiger partial charge on any atom is -0.347 e. The highest BCUT2D eigenvalue weighted by Crippen LogP contribution is 2.32. The largest absolute Gasteiger partial charge is 0.347 e. The summed E-state index contributed by atoms with van der Waals surface area (Å²) < 4.78 is 3.65. The number of benzene rings is 3. The van der Waals surface area contributed by atoms with Crippen LogP contribution in [0, 0.1) is 6.92 Å². The molecule has 180 valence electrons. The van der Waals surface area contributed by atoms with E-state index in [1.807, 2.05) is 61.5 Å². The van der Waals surface area contributed by atoms with Gasteiger partial charge < -0.3 is 5.32 Å². The summed E-state index contributed by atoms with van der Waals surface area (Å²) in [7, 11) is 0. The van der Waals surface area contributed by atoms with Gasteiger partial charge in [-0.15, -0.1) is 0 Å². The number of hydrogen-bond acceptors (Lipinski definition) is 3. The molecule has 35 heavy (non-hydrogen) atoms. The van der Waals surface area contributed by atoms with E-state index < -0.39 is 0 Å². The van der Waals surface area contributed by atoms with Crippen LogP contribution in [0.5, 0.6) is 0 Å². The standard InChI is InChI=1S/C31H34N2OS/c1-4-6-13-25(5-2)20-23-29(34)32-30(26-14-9-7-10-15-26)31(27-16-11-8-12-17-27)33-35-28-21-18-24(3)19-22-28/h4-19,21-22,30-31,33H,1,20,23H2,2-3H3,(H,32,34)/b13-6-,25-5+. The Bertz CT molecular complexity index is 1120. The average Bonchev–Trinajstić information content (AvgIpc) is 2.90. The lowest BCUT2D eigenvalue weighted by Crippen LogP contribution is -2.36. The molecule has 0 aliphatic heterocycles. The van der Waals surface area contributed by atoms with Crippen molar-refractivity contribution in [3.8, 4) is 0 Å². The van der Waals surface area contributed by atoms with E-state index in [9.17, 15) is 4.79 Å². The zero-order valence-corrected chi connectivity index (χ0v) is 21.3. The van der Waals surface area contributed by atoms with Crippen molar-refractivity contribution in [2.24, 2.45) is 0 Å². The molecule has 0 heterocycles. The Balaban J connectivity index is 1.84. The van der Waals surface area contributed by atoms with E-state index in [4.69, 9.17) is 0 Å². The molecule has 0 bridgehead atoms. The Hall–Kier alpha value is -3.34. The first-order chi connectivity index (χ1) is 17.1. The van der Waals surface area contributed by atoms with Crippen LogP contribution in [0.3, 0.4) is 0 Å². The molecule has 0 spiro atoms. The Morgan fingerprint density at radius 3 is 2.06 bits per heavy atom. The summed E-state index contributed by atoms with van der Waals surface area (Å²) in [5.74, 6) is 0.0215. The molecule has 3 rings (SSSR count). The van der Waals surface area contributed by atoms with Gasteiger partial charge in [0.05, 0.1) is 12.1 Å². The molecule has 2 atom stereocenters. The van der Waals surface area contributed by atoms with Crippen molar-refractivity contribution < 1.29 is 4.79 Å². The summed E-state index contributed by atoms with van der Waals surface area (Å²) in [6.07, 6.45) is 8.78. The first-order valence-corrected chi connectivity index (χ1v) is 12.7. The number of carbonyl (C=O) groups is 1. The van der Waals surface area contributed by atoms with Gasteiger partial charge >= 0.3 is 0 Å². The third kappa shape index (κ3) is 8.43. The smallest absolute Gasteiger partial charge is 0.220 e. The van der Waals surface area contributed by atoms with Crippen molar-refractivity contribution >= 4 is 17.9 Å². The Labute approximate surface area is 214 Å². The van der Waals surface area contributed by atoms with E-state index in [1.165, 1.54) is 5.56 Å². The molecule has 0 saturated heterocycles. The number of allylic oxidation sites excluding steroid dienone is 5. The number of nitrogens with one attached hydrogen (secondary N) is 2. The van der Waals surface area contributed by atoms with E-state index >= 15 is 0 Å². The van der Waals surface area contributed by atoms with E-state index in [0.717, 1.165) is 21.6 Å². The highest BCUT2D eigenvalue weighted by atomic mass is 32.2. The van der Waals surface area contributed by atoms with Crippen LogP contribution >= 0.6 is 11.9 Å². The monoisotopic (exact) mass is 482 g/mol. The van der Waals surface area contributed by atoms with Gasteiger partial charge in [-0.1, -0.05) is 115 Å². The molecule has 2 unspecified atom stereocenters. The molecule has 3 aromatic carbocycles. The quantitative estimate of drug-likeness (QED) is 0.206. The summed E-state index contributed by atoms with van der Waals surface area (Å²) >= 11 is 1.58. The summed E-state index contributed by atoms with van der Waals surface area (Å²) in [5.41, 5.74) is 4.52. The van der Waals surface area contributed by atoms with Crippen LogP contribution in [0.2, 0.25) is 0 Å². The number of hydrogen-bond donors (Lipinski definition) is 2. The first kappa shape index (κ1) is 26.3.